The lowest BCUT2D eigenvalue weighted by molar-refractivity contribution is 0.0200. The van der Waals surface area contributed by atoms with Crippen molar-refractivity contribution in [1.29, 1.82) is 0 Å². The van der Waals surface area contributed by atoms with Gasteiger partial charge in [-0.05, 0) is 19.0 Å². The van der Waals surface area contributed by atoms with E-state index in [0.717, 1.165) is 13.0 Å². The van der Waals surface area contributed by atoms with Crippen molar-refractivity contribution in [1.82, 2.24) is 15.1 Å². The molecular weight excluding hydrogens is 334 g/mol. The number of carbonyl (C=O) groups is 1. The topological polar surface area (TPSA) is 74.3 Å². The number of morpholine rings is 1. The van der Waals surface area contributed by atoms with Crippen molar-refractivity contribution in [2.24, 2.45) is 0 Å². The molecule has 1 aromatic carbocycles. The van der Waals surface area contributed by atoms with Crippen LogP contribution < -0.4 is 5.32 Å². The fourth-order valence-corrected chi connectivity index (χ4v) is 3.35. The molecule has 0 unspecified atom stereocenters. The molecular formula is C19H29N3O4. The summed E-state index contributed by atoms with van der Waals surface area (Å²) in [4.78, 5) is 16.1. The van der Waals surface area contributed by atoms with Crippen LogP contribution >= 0.6 is 0 Å². The summed E-state index contributed by atoms with van der Waals surface area (Å²) in [6.45, 7) is 4.16. The maximum absolute atomic E-state index is 12.3. The highest BCUT2D eigenvalue weighted by atomic mass is 16.5. The summed E-state index contributed by atoms with van der Waals surface area (Å²) < 4.78 is 11.0. The Morgan fingerprint density at radius 3 is 2.77 bits per heavy atom. The Kier molecular flexibility index (Phi) is 6.85. The van der Waals surface area contributed by atoms with Gasteiger partial charge in [-0.15, -0.1) is 0 Å². The molecule has 0 spiro atoms. The standard InChI is InChI=1S/C19H29N3O4/c1-21(8-7-15-5-3-2-4-6-15)13-17-18(23)16(14-26-17)20-19(24)22-9-11-25-12-10-22/h2-6,16-18,23H,7-14H2,1H3,(H,20,24)/t16-,17-,18+/m0/s1. The van der Waals surface area contributed by atoms with Gasteiger partial charge in [-0.2, -0.15) is 0 Å². The van der Waals surface area contributed by atoms with Crippen molar-refractivity contribution >= 4 is 6.03 Å². The average molecular weight is 363 g/mol. The van der Waals surface area contributed by atoms with Gasteiger partial charge in [0, 0.05) is 26.2 Å². The molecule has 1 aromatic rings. The number of likely N-dealkylation sites (N-methyl/N-ethyl adjacent to an activating group) is 1. The largest absolute Gasteiger partial charge is 0.388 e. The Bertz CT molecular complexity index is 565. The Balaban J connectivity index is 1.41. The molecule has 3 rings (SSSR count). The van der Waals surface area contributed by atoms with Gasteiger partial charge in [0.1, 0.15) is 6.10 Å². The van der Waals surface area contributed by atoms with Crippen LogP contribution in [0.2, 0.25) is 0 Å². The van der Waals surface area contributed by atoms with Crippen LogP contribution in [-0.2, 0) is 15.9 Å². The molecule has 2 N–H and O–H groups in total. The maximum atomic E-state index is 12.3. The van der Waals surface area contributed by atoms with Gasteiger partial charge in [0.15, 0.2) is 0 Å². The molecule has 0 bridgehead atoms. The van der Waals surface area contributed by atoms with Gasteiger partial charge < -0.3 is 29.7 Å². The van der Waals surface area contributed by atoms with Crippen molar-refractivity contribution in [2.45, 2.75) is 24.7 Å². The first-order chi connectivity index (χ1) is 12.6. The van der Waals surface area contributed by atoms with Gasteiger partial charge in [0.05, 0.1) is 32.0 Å². The summed E-state index contributed by atoms with van der Waals surface area (Å²) in [6.07, 6.45) is -0.0258. The Labute approximate surface area is 154 Å². The van der Waals surface area contributed by atoms with E-state index in [1.54, 1.807) is 4.90 Å². The second kappa shape index (κ2) is 9.32. The Morgan fingerprint density at radius 1 is 1.31 bits per heavy atom. The highest BCUT2D eigenvalue weighted by Crippen LogP contribution is 2.16. The predicted molar refractivity (Wildman–Crippen MR) is 98.1 cm³/mol. The van der Waals surface area contributed by atoms with E-state index in [1.807, 2.05) is 25.2 Å². The minimum Gasteiger partial charge on any atom is -0.388 e. The zero-order valence-electron chi connectivity index (χ0n) is 15.3. The maximum Gasteiger partial charge on any atom is 0.317 e. The van der Waals surface area contributed by atoms with Crippen LogP contribution in [0.15, 0.2) is 30.3 Å². The second-order valence-electron chi connectivity index (χ2n) is 7.02. The number of amides is 2. The van der Waals surface area contributed by atoms with Crippen LogP contribution in [0.25, 0.3) is 0 Å². The Hall–Kier alpha value is -1.67. The molecule has 2 aliphatic rings. The van der Waals surface area contributed by atoms with Crippen molar-refractivity contribution in [2.75, 3.05) is 53.0 Å². The summed E-state index contributed by atoms with van der Waals surface area (Å²) in [7, 11) is 2.03. The lowest BCUT2D eigenvalue weighted by atomic mass is 10.1. The number of urea groups is 1. The van der Waals surface area contributed by atoms with Crippen LogP contribution in [0.4, 0.5) is 4.79 Å². The fraction of sp³-hybridized carbons (Fsp3) is 0.632. The van der Waals surface area contributed by atoms with E-state index >= 15 is 0 Å². The second-order valence-corrected chi connectivity index (χ2v) is 7.02. The van der Waals surface area contributed by atoms with Gasteiger partial charge in [-0.25, -0.2) is 4.79 Å². The van der Waals surface area contributed by atoms with Crippen LogP contribution in [-0.4, -0.2) is 92.2 Å². The van der Waals surface area contributed by atoms with Gasteiger partial charge in [0.25, 0.3) is 0 Å². The third-order valence-electron chi connectivity index (χ3n) is 5.01. The molecule has 0 saturated carbocycles. The van der Waals surface area contributed by atoms with Crippen molar-refractivity contribution in [3.05, 3.63) is 35.9 Å². The lowest BCUT2D eigenvalue weighted by Crippen LogP contribution is -2.53. The quantitative estimate of drug-likeness (QED) is 0.762. The number of hydrogen-bond donors (Lipinski definition) is 2. The molecule has 26 heavy (non-hydrogen) atoms. The number of ether oxygens (including phenoxy) is 2. The minimum atomic E-state index is -0.695. The monoisotopic (exact) mass is 363 g/mol. The summed E-state index contributed by atoms with van der Waals surface area (Å²) >= 11 is 0. The zero-order valence-corrected chi connectivity index (χ0v) is 15.3. The van der Waals surface area contributed by atoms with Gasteiger partial charge in [-0.3, -0.25) is 0 Å². The van der Waals surface area contributed by atoms with Gasteiger partial charge in [-0.1, -0.05) is 30.3 Å². The third-order valence-corrected chi connectivity index (χ3v) is 5.01. The number of benzene rings is 1. The molecule has 144 valence electrons. The molecule has 2 saturated heterocycles. The van der Waals surface area contributed by atoms with E-state index in [-0.39, 0.29) is 18.2 Å². The number of nitrogens with one attached hydrogen (secondary N) is 1. The van der Waals surface area contributed by atoms with E-state index in [2.05, 4.69) is 22.3 Å². The lowest BCUT2D eigenvalue weighted by Gasteiger charge is -2.29. The number of aliphatic hydroxyl groups excluding tert-OH is 1. The molecule has 2 heterocycles. The summed E-state index contributed by atoms with van der Waals surface area (Å²) in [5, 5.41) is 13.4. The number of aliphatic hydroxyl groups is 1. The normalized spacial score (nSPS) is 26.3. The van der Waals surface area contributed by atoms with Crippen molar-refractivity contribution in [3.63, 3.8) is 0 Å². The van der Waals surface area contributed by atoms with E-state index in [4.69, 9.17) is 9.47 Å². The molecule has 2 amide bonds. The number of rotatable bonds is 6. The van der Waals surface area contributed by atoms with E-state index in [1.165, 1.54) is 5.56 Å². The highest BCUT2D eigenvalue weighted by Gasteiger charge is 2.38. The van der Waals surface area contributed by atoms with Crippen LogP contribution in [0.3, 0.4) is 0 Å². The van der Waals surface area contributed by atoms with E-state index in [9.17, 15) is 9.90 Å². The van der Waals surface area contributed by atoms with Crippen LogP contribution in [0.5, 0.6) is 0 Å². The summed E-state index contributed by atoms with van der Waals surface area (Å²) in [5.41, 5.74) is 1.29. The van der Waals surface area contributed by atoms with Crippen LogP contribution in [0.1, 0.15) is 5.56 Å². The molecule has 0 radical (unpaired) electrons. The number of carbonyl (C=O) groups excluding carboxylic acids is 1. The molecule has 7 nitrogen and oxygen atoms in total. The summed E-state index contributed by atoms with van der Waals surface area (Å²) in [5.74, 6) is 0. The zero-order chi connectivity index (χ0) is 18.4. The highest BCUT2D eigenvalue weighted by molar-refractivity contribution is 5.74. The molecule has 2 aliphatic heterocycles. The fourth-order valence-electron chi connectivity index (χ4n) is 3.35. The smallest absolute Gasteiger partial charge is 0.317 e. The van der Waals surface area contributed by atoms with Crippen molar-refractivity contribution in [3.8, 4) is 0 Å². The third kappa shape index (κ3) is 5.17. The SMILES string of the molecule is CN(CCc1ccccc1)C[C@@H]1OC[C@H](NC(=O)N2CCOCC2)[C@H]1O. The molecule has 0 aliphatic carbocycles. The molecule has 2 fully saturated rings. The minimum absolute atomic E-state index is 0.154. The van der Waals surface area contributed by atoms with Crippen molar-refractivity contribution < 1.29 is 19.4 Å². The first kappa shape index (κ1) is 19.1. The van der Waals surface area contributed by atoms with Gasteiger partial charge >= 0.3 is 6.03 Å². The average Bonchev–Trinajstić information content (AvgIpc) is 3.01. The summed E-state index contributed by atoms with van der Waals surface area (Å²) in [6, 6.07) is 9.82. The van der Waals surface area contributed by atoms with E-state index in [0.29, 0.717) is 39.5 Å². The molecule has 7 heteroatoms. The number of hydrogen-bond acceptors (Lipinski definition) is 5. The van der Waals surface area contributed by atoms with Gasteiger partial charge in [0.2, 0.25) is 0 Å². The molecule has 3 atom stereocenters. The Morgan fingerprint density at radius 2 is 2.04 bits per heavy atom. The first-order valence-corrected chi connectivity index (χ1v) is 9.29. The predicted octanol–water partition coefficient (Wildman–Crippen LogP) is 0.331. The van der Waals surface area contributed by atoms with Crippen LogP contribution in [0, 0.1) is 0 Å². The molecule has 0 aromatic heterocycles. The number of nitrogens with zero attached hydrogens (tertiary/aromatic N) is 2. The van der Waals surface area contributed by atoms with E-state index < -0.39 is 6.10 Å². The first-order valence-electron chi connectivity index (χ1n) is 9.29.